The molecule has 0 rings (SSSR count). The maximum absolute atomic E-state index is 10.6. The van der Waals surface area contributed by atoms with Crippen molar-refractivity contribution in [3.05, 3.63) is 24.3 Å². The lowest BCUT2D eigenvalue weighted by atomic mass is 10.1. The van der Waals surface area contributed by atoms with Crippen molar-refractivity contribution >= 4 is 12.3 Å². The van der Waals surface area contributed by atoms with Crippen LogP contribution in [0.2, 0.25) is 0 Å². The van der Waals surface area contributed by atoms with Gasteiger partial charge in [0.1, 0.15) is 6.29 Å². The van der Waals surface area contributed by atoms with Crippen molar-refractivity contribution in [3.63, 3.8) is 0 Å². The summed E-state index contributed by atoms with van der Waals surface area (Å²) in [6.45, 7) is 4.38. The number of carbonyl (C=O) groups is 2. The van der Waals surface area contributed by atoms with Crippen LogP contribution in [0.25, 0.3) is 0 Å². The quantitative estimate of drug-likeness (QED) is 0.210. The maximum atomic E-state index is 10.6. The van der Waals surface area contributed by atoms with Crippen LogP contribution in [-0.4, -0.2) is 19.4 Å². The van der Waals surface area contributed by atoms with Crippen LogP contribution in [0, 0.1) is 0 Å². The van der Waals surface area contributed by atoms with E-state index in [9.17, 15) is 9.59 Å². The van der Waals surface area contributed by atoms with Crippen LogP contribution in [0.4, 0.5) is 0 Å². The van der Waals surface area contributed by atoms with Gasteiger partial charge in [0.05, 0.1) is 7.11 Å². The number of carbonyl (C=O) groups excluding carboxylic acids is 2. The van der Waals surface area contributed by atoms with E-state index in [0.29, 0.717) is 0 Å². The molecule has 0 unspecified atom stereocenters. The molecule has 0 fully saturated rings. The smallest absolute Gasteiger partial charge is 0.330 e. The zero-order chi connectivity index (χ0) is 16.9. The number of unbranched alkanes of at least 4 members (excludes halogenated alkanes) is 8. The van der Waals surface area contributed by atoms with E-state index in [2.05, 4.69) is 18.6 Å². The summed E-state index contributed by atoms with van der Waals surface area (Å²) in [5.41, 5.74) is 0. The molecule has 3 heteroatoms. The standard InChI is InChI=1S/C10H18O2.C9H16O/c1-3-4-5-6-7-8-9-10(11)12-2;1-2-3-4-5-6-7-8-9-10/h8-9H,3-7H2,1-2H3;7-9H,2-6H2,1H3. The minimum Gasteiger partial charge on any atom is -0.466 e. The highest BCUT2D eigenvalue weighted by atomic mass is 16.5. The number of rotatable bonds is 12. The number of methoxy groups -OCH3 is 1. The fourth-order valence-corrected chi connectivity index (χ4v) is 1.78. The molecule has 0 N–H and O–H groups in total. The monoisotopic (exact) mass is 310 g/mol. The first-order chi connectivity index (χ1) is 10.7. The minimum atomic E-state index is -0.259. The highest BCUT2D eigenvalue weighted by Gasteiger charge is 1.89. The molecule has 0 aromatic rings. The van der Waals surface area contributed by atoms with Crippen LogP contribution in [-0.2, 0) is 14.3 Å². The average Bonchev–Trinajstić information content (AvgIpc) is 2.54. The number of hydrogen-bond acceptors (Lipinski definition) is 3. The molecular formula is C19H34O3. The molecular weight excluding hydrogens is 276 g/mol. The molecule has 0 aliphatic heterocycles. The molecule has 0 aromatic heterocycles. The normalized spacial score (nSPS) is 10.5. The number of ether oxygens (including phenoxy) is 1. The largest absolute Gasteiger partial charge is 0.466 e. The van der Waals surface area contributed by atoms with Gasteiger partial charge in [-0.15, -0.1) is 0 Å². The average molecular weight is 310 g/mol. The summed E-state index contributed by atoms with van der Waals surface area (Å²) in [6, 6.07) is 0. The summed E-state index contributed by atoms with van der Waals surface area (Å²) in [5, 5.41) is 0. The molecule has 0 heterocycles. The van der Waals surface area contributed by atoms with Crippen LogP contribution in [0.15, 0.2) is 24.3 Å². The summed E-state index contributed by atoms with van der Waals surface area (Å²) < 4.78 is 4.45. The molecule has 0 saturated heterocycles. The van der Waals surface area contributed by atoms with Crippen molar-refractivity contribution in [2.75, 3.05) is 7.11 Å². The lowest BCUT2D eigenvalue weighted by Gasteiger charge is -1.93. The Bertz CT molecular complexity index is 293. The van der Waals surface area contributed by atoms with Crippen LogP contribution < -0.4 is 0 Å². The van der Waals surface area contributed by atoms with Gasteiger partial charge in [0.15, 0.2) is 0 Å². The Labute approximate surface area is 136 Å². The SMILES string of the molecule is CCCCCCC=CC(=O)OC.CCCCCCC=CC=O. The molecule has 0 amide bonds. The Morgan fingerprint density at radius 3 is 1.86 bits per heavy atom. The van der Waals surface area contributed by atoms with E-state index in [4.69, 9.17) is 0 Å². The van der Waals surface area contributed by atoms with Crippen molar-refractivity contribution in [2.24, 2.45) is 0 Å². The van der Waals surface area contributed by atoms with E-state index in [0.717, 1.165) is 19.1 Å². The topological polar surface area (TPSA) is 43.4 Å². The fourth-order valence-electron chi connectivity index (χ4n) is 1.78. The Balaban J connectivity index is 0. The Morgan fingerprint density at radius 2 is 1.41 bits per heavy atom. The second-order valence-corrected chi connectivity index (χ2v) is 5.19. The van der Waals surface area contributed by atoms with Crippen LogP contribution in [0.5, 0.6) is 0 Å². The van der Waals surface area contributed by atoms with Crippen molar-refractivity contribution < 1.29 is 14.3 Å². The lowest BCUT2D eigenvalue weighted by Crippen LogP contribution is -1.93. The first-order valence-corrected chi connectivity index (χ1v) is 8.57. The van der Waals surface area contributed by atoms with Crippen molar-refractivity contribution in [1.82, 2.24) is 0 Å². The van der Waals surface area contributed by atoms with Gasteiger partial charge in [0, 0.05) is 6.08 Å². The summed E-state index contributed by atoms with van der Waals surface area (Å²) in [6.07, 6.45) is 19.8. The van der Waals surface area contributed by atoms with Gasteiger partial charge in [-0.1, -0.05) is 64.5 Å². The van der Waals surface area contributed by atoms with Crippen molar-refractivity contribution in [3.8, 4) is 0 Å². The third kappa shape index (κ3) is 23.7. The van der Waals surface area contributed by atoms with Gasteiger partial charge in [0.2, 0.25) is 0 Å². The minimum absolute atomic E-state index is 0.259. The van der Waals surface area contributed by atoms with Gasteiger partial charge in [-0.3, -0.25) is 4.79 Å². The second-order valence-electron chi connectivity index (χ2n) is 5.19. The van der Waals surface area contributed by atoms with E-state index >= 15 is 0 Å². The Morgan fingerprint density at radius 1 is 0.864 bits per heavy atom. The van der Waals surface area contributed by atoms with Crippen LogP contribution >= 0.6 is 0 Å². The summed E-state index contributed by atoms with van der Waals surface area (Å²) >= 11 is 0. The Kier molecular flexibility index (Phi) is 22.8. The summed E-state index contributed by atoms with van der Waals surface area (Å²) in [7, 11) is 1.39. The second kappa shape index (κ2) is 21.9. The first kappa shape index (κ1) is 22.9. The van der Waals surface area contributed by atoms with Crippen LogP contribution in [0.1, 0.15) is 78.1 Å². The van der Waals surface area contributed by atoms with Crippen molar-refractivity contribution in [1.29, 1.82) is 0 Å². The highest BCUT2D eigenvalue weighted by Crippen LogP contribution is 2.03. The number of hydrogen-bond donors (Lipinski definition) is 0. The van der Waals surface area contributed by atoms with E-state index in [1.807, 2.05) is 12.2 Å². The lowest BCUT2D eigenvalue weighted by molar-refractivity contribution is -0.134. The van der Waals surface area contributed by atoms with Gasteiger partial charge in [-0.2, -0.15) is 0 Å². The van der Waals surface area contributed by atoms with Gasteiger partial charge in [-0.25, -0.2) is 4.79 Å². The van der Waals surface area contributed by atoms with Gasteiger partial charge >= 0.3 is 5.97 Å². The van der Waals surface area contributed by atoms with E-state index in [1.54, 1.807) is 6.08 Å². The molecule has 0 atom stereocenters. The highest BCUT2D eigenvalue weighted by molar-refractivity contribution is 5.81. The maximum Gasteiger partial charge on any atom is 0.330 e. The molecule has 128 valence electrons. The molecule has 0 aromatic carbocycles. The Hall–Kier alpha value is -1.38. The molecule has 0 aliphatic rings. The molecule has 0 saturated carbocycles. The zero-order valence-corrected chi connectivity index (χ0v) is 14.7. The van der Waals surface area contributed by atoms with Crippen molar-refractivity contribution in [2.45, 2.75) is 78.1 Å². The first-order valence-electron chi connectivity index (χ1n) is 8.57. The zero-order valence-electron chi connectivity index (χ0n) is 14.7. The predicted octanol–water partition coefficient (Wildman–Crippen LogP) is 5.40. The van der Waals surface area contributed by atoms with Gasteiger partial charge < -0.3 is 4.74 Å². The molecule has 22 heavy (non-hydrogen) atoms. The molecule has 3 nitrogen and oxygen atoms in total. The summed E-state index contributed by atoms with van der Waals surface area (Å²) in [4.78, 5) is 20.4. The fraction of sp³-hybridized carbons (Fsp3) is 0.684. The third-order valence-electron chi connectivity index (χ3n) is 3.12. The molecule has 0 radical (unpaired) electrons. The molecule has 0 spiro atoms. The van der Waals surface area contributed by atoms with E-state index < -0.39 is 0 Å². The van der Waals surface area contributed by atoms with E-state index in [-0.39, 0.29) is 5.97 Å². The third-order valence-corrected chi connectivity index (χ3v) is 3.12. The van der Waals surface area contributed by atoms with Crippen LogP contribution in [0.3, 0.4) is 0 Å². The number of aldehydes is 1. The predicted molar refractivity (Wildman–Crippen MR) is 93.9 cm³/mol. The molecule has 0 aliphatic carbocycles. The number of allylic oxidation sites excluding steroid dienone is 3. The number of esters is 1. The van der Waals surface area contributed by atoms with Gasteiger partial charge in [0.25, 0.3) is 0 Å². The van der Waals surface area contributed by atoms with E-state index in [1.165, 1.54) is 64.6 Å². The summed E-state index contributed by atoms with van der Waals surface area (Å²) in [5.74, 6) is -0.259. The molecule has 0 bridgehead atoms. The van der Waals surface area contributed by atoms with Gasteiger partial charge in [-0.05, 0) is 31.8 Å².